The van der Waals surface area contributed by atoms with Gasteiger partial charge in [-0.15, -0.1) is 0 Å². The number of carbonyl (C=O) groups excluding carboxylic acids is 1. The van der Waals surface area contributed by atoms with Crippen molar-refractivity contribution in [1.82, 2.24) is 26.1 Å². The molecule has 3 N–H and O–H groups in total. The molecule has 0 aromatic carbocycles. The van der Waals surface area contributed by atoms with Gasteiger partial charge in [0.15, 0.2) is 11.8 Å². The van der Waals surface area contributed by atoms with Gasteiger partial charge in [0.1, 0.15) is 12.1 Å². The van der Waals surface area contributed by atoms with Crippen LogP contribution in [-0.2, 0) is 16.7 Å². The summed E-state index contributed by atoms with van der Waals surface area (Å²) in [6, 6.07) is 0. The fraction of sp³-hybridized carbons (Fsp3) is 0.810. The molecule has 0 fully saturated rings. The minimum Gasteiger partial charge on any atom is -0.444 e. The number of alkyl carbamates (subject to hydrolysis) is 1. The molecule has 0 saturated carbocycles. The van der Waals surface area contributed by atoms with Gasteiger partial charge in [0.2, 0.25) is 5.89 Å². The van der Waals surface area contributed by atoms with Crippen LogP contribution in [-0.4, -0.2) is 46.4 Å². The smallest absolute Gasteiger partial charge is 0.408 e. The van der Waals surface area contributed by atoms with Crippen LogP contribution >= 0.6 is 0 Å². The molecule has 0 atom stereocenters. The molecular weight excluding hydrogens is 384 g/mol. The number of carbonyl (C=O) groups is 1. The SMILES string of the molecule is CCNC(=NCc1noc(C(C)(C)C)n1)NCC(CC)(CC)NC(=O)OC(C)(C)C. The van der Waals surface area contributed by atoms with Crippen LogP contribution in [0.4, 0.5) is 4.79 Å². The molecule has 0 saturated heterocycles. The highest BCUT2D eigenvalue weighted by Crippen LogP contribution is 2.20. The Morgan fingerprint density at radius 2 is 1.70 bits per heavy atom. The topological polar surface area (TPSA) is 114 Å². The number of nitrogens with zero attached hydrogens (tertiary/aromatic N) is 3. The van der Waals surface area contributed by atoms with Crippen molar-refractivity contribution in [1.29, 1.82) is 0 Å². The maximum atomic E-state index is 12.3. The van der Waals surface area contributed by atoms with E-state index in [0.717, 1.165) is 12.8 Å². The largest absolute Gasteiger partial charge is 0.444 e. The molecular formula is C21H40N6O3. The Kier molecular flexibility index (Phi) is 9.11. The summed E-state index contributed by atoms with van der Waals surface area (Å²) < 4.78 is 10.8. The van der Waals surface area contributed by atoms with Crippen LogP contribution in [0.2, 0.25) is 0 Å². The molecule has 1 rings (SSSR count). The number of ether oxygens (including phenoxy) is 1. The predicted molar refractivity (Wildman–Crippen MR) is 118 cm³/mol. The third-order valence-corrected chi connectivity index (χ3v) is 4.55. The Balaban J connectivity index is 2.83. The lowest BCUT2D eigenvalue weighted by molar-refractivity contribution is 0.0448. The van der Waals surface area contributed by atoms with Gasteiger partial charge in [-0.1, -0.05) is 39.8 Å². The van der Waals surface area contributed by atoms with Gasteiger partial charge in [-0.2, -0.15) is 4.98 Å². The second-order valence-electron chi connectivity index (χ2n) is 9.43. The molecule has 0 aliphatic rings. The average Bonchev–Trinajstić information content (AvgIpc) is 3.11. The number of aromatic nitrogens is 2. The zero-order valence-electron chi connectivity index (χ0n) is 20.1. The van der Waals surface area contributed by atoms with E-state index in [1.165, 1.54) is 0 Å². The highest BCUT2D eigenvalue weighted by molar-refractivity contribution is 5.80. The van der Waals surface area contributed by atoms with Crippen molar-refractivity contribution in [2.45, 2.75) is 98.3 Å². The lowest BCUT2D eigenvalue weighted by atomic mass is 9.93. The minimum absolute atomic E-state index is 0.201. The van der Waals surface area contributed by atoms with Crippen molar-refractivity contribution in [2.75, 3.05) is 13.1 Å². The lowest BCUT2D eigenvalue weighted by Gasteiger charge is -2.34. The predicted octanol–water partition coefficient (Wildman–Crippen LogP) is 3.51. The van der Waals surface area contributed by atoms with Crippen molar-refractivity contribution < 1.29 is 14.1 Å². The first-order valence-electron chi connectivity index (χ1n) is 10.7. The van der Waals surface area contributed by atoms with E-state index in [1.807, 2.05) is 62.3 Å². The monoisotopic (exact) mass is 424 g/mol. The summed E-state index contributed by atoms with van der Waals surface area (Å²) >= 11 is 0. The molecule has 9 heteroatoms. The van der Waals surface area contributed by atoms with Gasteiger partial charge < -0.3 is 25.2 Å². The third-order valence-electron chi connectivity index (χ3n) is 4.55. The number of hydrogen-bond acceptors (Lipinski definition) is 6. The van der Waals surface area contributed by atoms with Gasteiger partial charge in [-0.05, 0) is 40.5 Å². The zero-order valence-corrected chi connectivity index (χ0v) is 20.1. The molecule has 0 unspecified atom stereocenters. The molecule has 0 aliphatic heterocycles. The molecule has 1 aromatic heterocycles. The number of nitrogens with one attached hydrogen (secondary N) is 3. The molecule has 1 amide bonds. The van der Waals surface area contributed by atoms with Gasteiger partial charge in [0.25, 0.3) is 0 Å². The molecule has 172 valence electrons. The summed E-state index contributed by atoms with van der Waals surface area (Å²) in [5.74, 6) is 1.74. The first-order valence-corrected chi connectivity index (χ1v) is 10.7. The van der Waals surface area contributed by atoms with Crippen LogP contribution in [0.1, 0.15) is 86.9 Å². The van der Waals surface area contributed by atoms with Crippen molar-refractivity contribution in [3.05, 3.63) is 11.7 Å². The molecule has 30 heavy (non-hydrogen) atoms. The molecule has 1 heterocycles. The molecule has 0 aliphatic carbocycles. The molecule has 9 nitrogen and oxygen atoms in total. The van der Waals surface area contributed by atoms with Crippen LogP contribution in [0.15, 0.2) is 9.52 Å². The van der Waals surface area contributed by atoms with Gasteiger partial charge in [-0.3, -0.25) is 0 Å². The fourth-order valence-electron chi connectivity index (χ4n) is 2.61. The average molecular weight is 425 g/mol. The summed E-state index contributed by atoms with van der Waals surface area (Å²) in [4.78, 5) is 21.3. The quantitative estimate of drug-likeness (QED) is 0.432. The van der Waals surface area contributed by atoms with E-state index in [1.54, 1.807) is 0 Å². The molecule has 0 bridgehead atoms. The highest BCUT2D eigenvalue weighted by atomic mass is 16.6. The van der Waals surface area contributed by atoms with E-state index in [0.29, 0.717) is 37.3 Å². The van der Waals surface area contributed by atoms with Crippen LogP contribution < -0.4 is 16.0 Å². The first kappa shape index (κ1) is 25.7. The van der Waals surface area contributed by atoms with Crippen LogP contribution in [0, 0.1) is 0 Å². The van der Waals surface area contributed by atoms with E-state index >= 15 is 0 Å². The van der Waals surface area contributed by atoms with Crippen LogP contribution in [0.3, 0.4) is 0 Å². The van der Waals surface area contributed by atoms with Crippen LogP contribution in [0.25, 0.3) is 0 Å². The van der Waals surface area contributed by atoms with Crippen LogP contribution in [0.5, 0.6) is 0 Å². The zero-order chi connectivity index (χ0) is 23.0. The van der Waals surface area contributed by atoms with Gasteiger partial charge in [0.05, 0.1) is 5.54 Å². The van der Waals surface area contributed by atoms with Crippen molar-refractivity contribution >= 4 is 12.1 Å². The van der Waals surface area contributed by atoms with Crippen molar-refractivity contribution in [3.8, 4) is 0 Å². The Hall–Kier alpha value is -2.32. The highest BCUT2D eigenvalue weighted by Gasteiger charge is 2.30. The van der Waals surface area contributed by atoms with E-state index in [4.69, 9.17) is 9.26 Å². The summed E-state index contributed by atoms with van der Waals surface area (Å²) in [7, 11) is 0. The van der Waals surface area contributed by atoms with Crippen molar-refractivity contribution in [3.63, 3.8) is 0 Å². The van der Waals surface area contributed by atoms with Gasteiger partial charge in [0, 0.05) is 18.5 Å². The molecule has 1 aromatic rings. The standard InChI is InChI=1S/C21H40N6O3/c1-10-21(11-2,26-18(28)29-20(7,8)9)14-24-17(22-12-3)23-13-15-25-16(30-27-15)19(4,5)6/h10-14H2,1-9H3,(H,26,28)(H2,22,23,24). The Bertz CT molecular complexity index is 696. The second kappa shape index (κ2) is 10.6. The Labute approximate surface area is 180 Å². The Morgan fingerprint density at radius 3 is 2.17 bits per heavy atom. The number of guanidine groups is 1. The number of amides is 1. The Morgan fingerprint density at radius 1 is 1.07 bits per heavy atom. The summed E-state index contributed by atoms with van der Waals surface area (Å²) in [5.41, 5.74) is -1.20. The fourth-order valence-corrected chi connectivity index (χ4v) is 2.61. The number of aliphatic imine (C=N–C) groups is 1. The lowest BCUT2D eigenvalue weighted by Crippen LogP contribution is -2.57. The summed E-state index contributed by atoms with van der Waals surface area (Å²) in [6.07, 6.45) is 1.07. The van der Waals surface area contributed by atoms with Crippen molar-refractivity contribution in [2.24, 2.45) is 4.99 Å². The number of rotatable bonds is 8. The minimum atomic E-state index is -0.544. The maximum Gasteiger partial charge on any atom is 0.408 e. The molecule has 0 radical (unpaired) electrons. The van der Waals surface area contributed by atoms with E-state index in [-0.39, 0.29) is 5.41 Å². The summed E-state index contributed by atoms with van der Waals surface area (Å²) in [5, 5.41) is 13.6. The molecule has 0 spiro atoms. The third kappa shape index (κ3) is 8.59. The normalized spacial score (nSPS) is 13.2. The van der Waals surface area contributed by atoms with Gasteiger partial charge in [-0.25, -0.2) is 9.79 Å². The van der Waals surface area contributed by atoms with E-state index in [9.17, 15) is 4.79 Å². The van der Waals surface area contributed by atoms with Gasteiger partial charge >= 0.3 is 6.09 Å². The van der Waals surface area contributed by atoms with E-state index < -0.39 is 17.2 Å². The summed E-state index contributed by atoms with van der Waals surface area (Å²) in [6.45, 7) is 19.2. The first-order chi connectivity index (χ1) is 13.8. The van der Waals surface area contributed by atoms with E-state index in [2.05, 4.69) is 31.1 Å². The maximum absolute atomic E-state index is 12.3. The second-order valence-corrected chi connectivity index (χ2v) is 9.43. The number of hydrogen-bond donors (Lipinski definition) is 3.